The molecule has 0 aromatic heterocycles. The lowest BCUT2D eigenvalue weighted by Crippen LogP contribution is -2.54. The monoisotopic (exact) mass is 338 g/mol. The third kappa shape index (κ3) is 3.03. The molecule has 6 heteroatoms. The van der Waals surface area contributed by atoms with Crippen LogP contribution in [0.4, 0.5) is 9.59 Å². The molecule has 0 N–H and O–H groups in total. The molecule has 0 radical (unpaired) electrons. The maximum Gasteiger partial charge on any atom is 0.415 e. The molecule has 2 fully saturated rings. The Morgan fingerprint density at radius 3 is 2.40 bits per heavy atom. The van der Waals surface area contributed by atoms with Crippen LogP contribution in [0.3, 0.4) is 0 Å². The van der Waals surface area contributed by atoms with Crippen molar-refractivity contribution in [2.45, 2.75) is 12.1 Å². The minimum atomic E-state index is -0.406. The zero-order chi connectivity index (χ0) is 17.2. The Labute approximate surface area is 145 Å². The minimum Gasteiger partial charge on any atom is -0.439 e. The Morgan fingerprint density at radius 2 is 1.68 bits per heavy atom. The number of hydrogen-bond donors (Lipinski definition) is 0. The summed E-state index contributed by atoms with van der Waals surface area (Å²) in [4.78, 5) is 27.9. The predicted octanol–water partition coefficient (Wildman–Crippen LogP) is 3.06. The van der Waals surface area contributed by atoms with Crippen LogP contribution in [0.1, 0.15) is 11.7 Å². The number of hydrogen-bond acceptors (Lipinski definition) is 4. The second-order valence-electron chi connectivity index (χ2n) is 6.10. The highest BCUT2D eigenvalue weighted by Crippen LogP contribution is 2.34. The van der Waals surface area contributed by atoms with E-state index < -0.39 is 6.09 Å². The van der Waals surface area contributed by atoms with Gasteiger partial charge in [-0.15, -0.1) is 0 Å². The molecule has 0 spiro atoms. The van der Waals surface area contributed by atoms with E-state index in [2.05, 4.69) is 0 Å². The lowest BCUT2D eigenvalue weighted by atomic mass is 10.0. The molecule has 2 unspecified atom stereocenters. The maximum absolute atomic E-state index is 12.4. The summed E-state index contributed by atoms with van der Waals surface area (Å²) < 4.78 is 11.0. The van der Waals surface area contributed by atoms with Crippen LogP contribution in [0.25, 0.3) is 0 Å². The Morgan fingerprint density at radius 1 is 1.00 bits per heavy atom. The summed E-state index contributed by atoms with van der Waals surface area (Å²) in [6, 6.07) is 18.4. The Hall–Kier alpha value is -3.02. The van der Waals surface area contributed by atoms with Gasteiger partial charge in [-0.25, -0.2) is 9.59 Å². The van der Waals surface area contributed by atoms with Crippen LogP contribution in [-0.2, 0) is 4.74 Å². The van der Waals surface area contributed by atoms with Crippen molar-refractivity contribution in [2.24, 2.45) is 0 Å². The number of para-hydroxylation sites is 1. The van der Waals surface area contributed by atoms with Crippen LogP contribution >= 0.6 is 0 Å². The molecular weight excluding hydrogens is 320 g/mol. The quantitative estimate of drug-likeness (QED) is 0.844. The third-order valence-corrected chi connectivity index (χ3v) is 4.57. The fourth-order valence-corrected chi connectivity index (χ4v) is 3.30. The number of carbonyl (C=O) groups is 2. The largest absolute Gasteiger partial charge is 0.439 e. The van der Waals surface area contributed by atoms with Crippen molar-refractivity contribution in [1.82, 2.24) is 9.80 Å². The van der Waals surface area contributed by atoms with E-state index >= 15 is 0 Å². The van der Waals surface area contributed by atoms with E-state index in [1.54, 1.807) is 21.9 Å². The lowest BCUT2D eigenvalue weighted by molar-refractivity contribution is 0.0933. The van der Waals surface area contributed by atoms with E-state index in [0.29, 0.717) is 25.4 Å². The summed E-state index contributed by atoms with van der Waals surface area (Å²) in [5.41, 5.74) is 0.932. The smallest absolute Gasteiger partial charge is 0.415 e. The Bertz CT molecular complexity index is 766. The van der Waals surface area contributed by atoms with Crippen LogP contribution in [-0.4, -0.2) is 47.7 Å². The van der Waals surface area contributed by atoms with Gasteiger partial charge in [0.05, 0.1) is 6.04 Å². The fraction of sp³-hybridized carbons (Fsp3) is 0.263. The second kappa shape index (κ2) is 6.47. The molecule has 4 rings (SSSR count). The van der Waals surface area contributed by atoms with Crippen molar-refractivity contribution in [2.75, 3.05) is 19.6 Å². The minimum absolute atomic E-state index is 0.202. The van der Waals surface area contributed by atoms with Gasteiger partial charge in [0.15, 0.2) is 6.10 Å². The van der Waals surface area contributed by atoms with Gasteiger partial charge in [0.1, 0.15) is 5.75 Å². The normalized spacial score (nSPS) is 22.3. The predicted molar refractivity (Wildman–Crippen MR) is 90.2 cm³/mol. The highest BCUT2D eigenvalue weighted by Gasteiger charge is 2.46. The topological polar surface area (TPSA) is 59.1 Å². The van der Waals surface area contributed by atoms with Crippen LogP contribution in [0, 0.1) is 0 Å². The van der Waals surface area contributed by atoms with Crippen molar-refractivity contribution >= 4 is 12.2 Å². The zero-order valence-electron chi connectivity index (χ0n) is 13.6. The summed E-state index contributed by atoms with van der Waals surface area (Å²) in [6.07, 6.45) is -1.10. The number of ether oxygens (including phenoxy) is 2. The molecule has 128 valence electrons. The molecule has 2 aromatic carbocycles. The molecule has 2 atom stereocenters. The number of amides is 2. The zero-order valence-corrected chi connectivity index (χ0v) is 13.6. The SMILES string of the molecule is O=C(Oc1ccccc1)N1CCN2C(=O)OC(c3ccccc3)C2C1. The highest BCUT2D eigenvalue weighted by atomic mass is 16.6. The molecule has 0 aliphatic carbocycles. The number of piperazine rings is 1. The summed E-state index contributed by atoms with van der Waals surface area (Å²) in [7, 11) is 0. The lowest BCUT2D eigenvalue weighted by Gasteiger charge is -2.36. The van der Waals surface area contributed by atoms with Gasteiger partial charge in [-0.1, -0.05) is 48.5 Å². The van der Waals surface area contributed by atoms with Gasteiger partial charge in [0.25, 0.3) is 0 Å². The molecule has 2 aromatic rings. The standard InChI is InChI=1S/C19H18N2O4/c22-18(24-15-9-5-2-6-10-15)20-11-12-21-16(13-20)17(25-19(21)23)14-7-3-1-4-8-14/h1-10,16-17H,11-13H2. The highest BCUT2D eigenvalue weighted by molar-refractivity contribution is 5.74. The van der Waals surface area contributed by atoms with Crippen LogP contribution < -0.4 is 4.74 Å². The third-order valence-electron chi connectivity index (χ3n) is 4.57. The first-order chi connectivity index (χ1) is 12.2. The van der Waals surface area contributed by atoms with E-state index in [1.807, 2.05) is 48.5 Å². The molecular formula is C19H18N2O4. The van der Waals surface area contributed by atoms with E-state index in [4.69, 9.17) is 9.47 Å². The maximum atomic E-state index is 12.4. The van der Waals surface area contributed by atoms with Crippen molar-refractivity contribution in [3.05, 3.63) is 66.2 Å². The fourth-order valence-electron chi connectivity index (χ4n) is 3.30. The average Bonchev–Trinajstić information content (AvgIpc) is 2.99. The molecule has 25 heavy (non-hydrogen) atoms. The molecule has 0 bridgehead atoms. The van der Waals surface area contributed by atoms with Crippen LogP contribution in [0.2, 0.25) is 0 Å². The molecule has 2 aliphatic rings. The van der Waals surface area contributed by atoms with E-state index in [-0.39, 0.29) is 18.2 Å². The summed E-state index contributed by atoms with van der Waals surface area (Å²) >= 11 is 0. The second-order valence-corrected chi connectivity index (χ2v) is 6.10. The Kier molecular flexibility index (Phi) is 4.01. The van der Waals surface area contributed by atoms with Crippen molar-refractivity contribution in [3.63, 3.8) is 0 Å². The van der Waals surface area contributed by atoms with E-state index in [0.717, 1.165) is 5.56 Å². The molecule has 6 nitrogen and oxygen atoms in total. The Balaban J connectivity index is 1.49. The molecule has 2 heterocycles. The van der Waals surface area contributed by atoms with E-state index in [9.17, 15) is 9.59 Å². The van der Waals surface area contributed by atoms with Crippen molar-refractivity contribution < 1.29 is 19.1 Å². The van der Waals surface area contributed by atoms with Gasteiger partial charge in [-0.3, -0.25) is 4.90 Å². The summed E-state index contributed by atoms with van der Waals surface area (Å²) in [5, 5.41) is 0. The van der Waals surface area contributed by atoms with Gasteiger partial charge < -0.3 is 14.4 Å². The number of benzene rings is 2. The first kappa shape index (κ1) is 15.5. The van der Waals surface area contributed by atoms with Gasteiger partial charge in [0.2, 0.25) is 0 Å². The first-order valence-corrected chi connectivity index (χ1v) is 8.26. The van der Waals surface area contributed by atoms with Gasteiger partial charge in [0, 0.05) is 19.6 Å². The molecule has 2 amide bonds. The van der Waals surface area contributed by atoms with Gasteiger partial charge in [-0.05, 0) is 17.7 Å². The van der Waals surface area contributed by atoms with Crippen LogP contribution in [0.5, 0.6) is 5.75 Å². The number of rotatable bonds is 2. The first-order valence-electron chi connectivity index (χ1n) is 8.26. The van der Waals surface area contributed by atoms with Crippen molar-refractivity contribution in [1.29, 1.82) is 0 Å². The summed E-state index contributed by atoms with van der Waals surface area (Å²) in [6.45, 7) is 1.26. The van der Waals surface area contributed by atoms with Crippen LogP contribution in [0.15, 0.2) is 60.7 Å². The van der Waals surface area contributed by atoms with Gasteiger partial charge in [-0.2, -0.15) is 0 Å². The summed E-state index contributed by atoms with van der Waals surface area (Å²) in [5.74, 6) is 0.508. The average molecular weight is 338 g/mol. The number of fused-ring (bicyclic) bond motifs is 1. The van der Waals surface area contributed by atoms with E-state index in [1.165, 1.54) is 0 Å². The molecule has 2 saturated heterocycles. The number of cyclic esters (lactones) is 1. The number of carbonyl (C=O) groups excluding carboxylic acids is 2. The molecule has 2 aliphatic heterocycles. The van der Waals surface area contributed by atoms with Gasteiger partial charge >= 0.3 is 12.2 Å². The van der Waals surface area contributed by atoms with Crippen molar-refractivity contribution in [3.8, 4) is 5.75 Å². The molecule has 0 saturated carbocycles. The number of nitrogens with zero attached hydrogens (tertiary/aromatic N) is 2.